The first-order valence-electron chi connectivity index (χ1n) is 7.13. The van der Waals surface area contributed by atoms with Crippen molar-refractivity contribution in [2.24, 2.45) is 7.05 Å². The van der Waals surface area contributed by atoms with Crippen LogP contribution in [-0.2, 0) is 20.0 Å². The van der Waals surface area contributed by atoms with Crippen LogP contribution in [0.4, 0.5) is 0 Å². The molecular weight excluding hydrogens is 330 g/mol. The normalized spacial score (nSPS) is 12.4. The smallest absolute Gasteiger partial charge is 0.133 e. The molecule has 1 aromatic heterocycles. The number of aryl methyl sites for hydroxylation is 2. The topological polar surface area (TPSA) is 39.1 Å². The third-order valence-electron chi connectivity index (χ3n) is 3.60. The Balaban J connectivity index is 2.04. The fraction of sp³-hybridized carbons (Fsp3) is 0.438. The van der Waals surface area contributed by atoms with Crippen molar-refractivity contribution >= 4 is 15.9 Å². The van der Waals surface area contributed by atoms with Gasteiger partial charge in [-0.05, 0) is 47.0 Å². The Bertz CT molecular complexity index is 610. The number of nitrogens with one attached hydrogen (secondary N) is 1. The summed E-state index contributed by atoms with van der Waals surface area (Å²) >= 11 is 3.53. The standard InChI is InChI=1S/C16H22BrN3O/c1-5-15-13(10-20(3)19-15)9-18-11(2)12-6-7-16(21-4)14(17)8-12/h6-8,10-11,18H,5,9H2,1-4H3. The minimum atomic E-state index is 0.261. The summed E-state index contributed by atoms with van der Waals surface area (Å²) in [5.74, 6) is 0.853. The number of ether oxygens (including phenoxy) is 1. The average molecular weight is 352 g/mol. The molecule has 1 N–H and O–H groups in total. The van der Waals surface area contributed by atoms with E-state index in [1.54, 1.807) is 7.11 Å². The van der Waals surface area contributed by atoms with Gasteiger partial charge in [0.1, 0.15) is 5.75 Å². The van der Waals surface area contributed by atoms with Crippen molar-refractivity contribution in [3.63, 3.8) is 0 Å². The fourth-order valence-corrected chi connectivity index (χ4v) is 2.92. The summed E-state index contributed by atoms with van der Waals surface area (Å²) < 4.78 is 8.12. The Kier molecular flexibility index (Phi) is 5.42. The van der Waals surface area contributed by atoms with Crippen molar-refractivity contribution in [2.75, 3.05) is 7.11 Å². The highest BCUT2D eigenvalue weighted by Gasteiger charge is 2.10. The molecule has 0 spiro atoms. The molecule has 114 valence electrons. The van der Waals surface area contributed by atoms with Gasteiger partial charge in [-0.25, -0.2) is 0 Å². The van der Waals surface area contributed by atoms with Crippen LogP contribution < -0.4 is 10.1 Å². The van der Waals surface area contributed by atoms with E-state index in [-0.39, 0.29) is 6.04 Å². The predicted octanol–water partition coefficient (Wildman–Crippen LogP) is 3.60. The molecule has 0 aliphatic carbocycles. The molecule has 0 saturated heterocycles. The Hall–Kier alpha value is -1.33. The van der Waals surface area contributed by atoms with Crippen LogP contribution in [0.25, 0.3) is 0 Å². The lowest BCUT2D eigenvalue weighted by Crippen LogP contribution is -2.18. The van der Waals surface area contributed by atoms with Crippen LogP contribution in [0.2, 0.25) is 0 Å². The number of methoxy groups -OCH3 is 1. The van der Waals surface area contributed by atoms with E-state index in [0.717, 1.165) is 28.9 Å². The Morgan fingerprint density at radius 1 is 1.43 bits per heavy atom. The fourth-order valence-electron chi connectivity index (χ4n) is 2.36. The highest BCUT2D eigenvalue weighted by Crippen LogP contribution is 2.28. The monoisotopic (exact) mass is 351 g/mol. The lowest BCUT2D eigenvalue weighted by atomic mass is 10.1. The van der Waals surface area contributed by atoms with Crippen molar-refractivity contribution in [3.05, 3.63) is 45.7 Å². The molecular formula is C16H22BrN3O. The number of hydrogen-bond acceptors (Lipinski definition) is 3. The summed E-state index contributed by atoms with van der Waals surface area (Å²) in [4.78, 5) is 0. The van der Waals surface area contributed by atoms with E-state index < -0.39 is 0 Å². The van der Waals surface area contributed by atoms with Gasteiger partial charge < -0.3 is 10.1 Å². The van der Waals surface area contributed by atoms with Crippen molar-refractivity contribution < 1.29 is 4.74 Å². The molecule has 0 fully saturated rings. The summed E-state index contributed by atoms with van der Waals surface area (Å²) in [6.45, 7) is 5.12. The Labute approximate surface area is 134 Å². The maximum absolute atomic E-state index is 5.26. The van der Waals surface area contributed by atoms with Gasteiger partial charge in [0.25, 0.3) is 0 Å². The van der Waals surface area contributed by atoms with Gasteiger partial charge in [0.2, 0.25) is 0 Å². The average Bonchev–Trinajstić information content (AvgIpc) is 2.84. The van der Waals surface area contributed by atoms with E-state index in [9.17, 15) is 0 Å². The largest absolute Gasteiger partial charge is 0.496 e. The van der Waals surface area contributed by atoms with Gasteiger partial charge in [0, 0.05) is 31.4 Å². The zero-order valence-electron chi connectivity index (χ0n) is 13.0. The van der Waals surface area contributed by atoms with Gasteiger partial charge >= 0.3 is 0 Å². The Morgan fingerprint density at radius 2 is 2.19 bits per heavy atom. The van der Waals surface area contributed by atoms with E-state index in [0.29, 0.717) is 0 Å². The predicted molar refractivity (Wildman–Crippen MR) is 88.5 cm³/mol. The quantitative estimate of drug-likeness (QED) is 0.863. The lowest BCUT2D eigenvalue weighted by molar-refractivity contribution is 0.411. The molecule has 1 unspecified atom stereocenters. The van der Waals surface area contributed by atoms with Crippen LogP contribution in [0, 0.1) is 0 Å². The molecule has 0 aliphatic heterocycles. The van der Waals surface area contributed by atoms with Gasteiger partial charge in [0.05, 0.1) is 17.3 Å². The second kappa shape index (κ2) is 7.09. The number of aromatic nitrogens is 2. The maximum Gasteiger partial charge on any atom is 0.133 e. The van der Waals surface area contributed by atoms with Crippen LogP contribution in [-0.4, -0.2) is 16.9 Å². The molecule has 1 atom stereocenters. The van der Waals surface area contributed by atoms with E-state index >= 15 is 0 Å². The third-order valence-corrected chi connectivity index (χ3v) is 4.22. The summed E-state index contributed by atoms with van der Waals surface area (Å²) in [6.07, 6.45) is 3.04. The Morgan fingerprint density at radius 3 is 2.81 bits per heavy atom. The first-order chi connectivity index (χ1) is 10.0. The zero-order valence-corrected chi connectivity index (χ0v) is 14.6. The molecule has 0 saturated carbocycles. The summed E-state index contributed by atoms with van der Waals surface area (Å²) in [5.41, 5.74) is 3.65. The molecule has 4 nitrogen and oxygen atoms in total. The van der Waals surface area contributed by atoms with E-state index in [2.05, 4.69) is 58.5 Å². The van der Waals surface area contributed by atoms with E-state index in [4.69, 9.17) is 4.74 Å². The van der Waals surface area contributed by atoms with Crippen molar-refractivity contribution in [3.8, 4) is 5.75 Å². The first-order valence-corrected chi connectivity index (χ1v) is 7.92. The van der Waals surface area contributed by atoms with Crippen LogP contribution in [0.3, 0.4) is 0 Å². The van der Waals surface area contributed by atoms with Gasteiger partial charge in [-0.1, -0.05) is 13.0 Å². The molecule has 0 aliphatic rings. The van der Waals surface area contributed by atoms with Crippen LogP contribution in [0.15, 0.2) is 28.9 Å². The minimum Gasteiger partial charge on any atom is -0.496 e. The van der Waals surface area contributed by atoms with Gasteiger partial charge in [0.15, 0.2) is 0 Å². The molecule has 0 amide bonds. The number of hydrogen-bond donors (Lipinski definition) is 1. The molecule has 2 rings (SSSR count). The number of halogens is 1. The minimum absolute atomic E-state index is 0.261. The number of benzene rings is 1. The molecule has 1 heterocycles. The highest BCUT2D eigenvalue weighted by atomic mass is 79.9. The number of nitrogens with zero attached hydrogens (tertiary/aromatic N) is 2. The molecule has 2 aromatic rings. The molecule has 21 heavy (non-hydrogen) atoms. The van der Waals surface area contributed by atoms with Gasteiger partial charge in [-0.2, -0.15) is 5.10 Å². The second-order valence-corrected chi connectivity index (χ2v) is 5.98. The zero-order chi connectivity index (χ0) is 15.4. The van der Waals surface area contributed by atoms with Crippen LogP contribution in [0.1, 0.15) is 36.7 Å². The summed E-state index contributed by atoms with van der Waals surface area (Å²) in [6, 6.07) is 6.43. The van der Waals surface area contributed by atoms with Crippen molar-refractivity contribution in [1.29, 1.82) is 0 Å². The van der Waals surface area contributed by atoms with Crippen molar-refractivity contribution in [1.82, 2.24) is 15.1 Å². The third kappa shape index (κ3) is 3.86. The molecule has 0 bridgehead atoms. The summed E-state index contributed by atoms with van der Waals surface area (Å²) in [5, 5.41) is 8.02. The number of rotatable bonds is 6. The molecule has 0 radical (unpaired) electrons. The van der Waals surface area contributed by atoms with E-state index in [1.165, 1.54) is 11.1 Å². The maximum atomic E-state index is 5.26. The summed E-state index contributed by atoms with van der Waals surface area (Å²) in [7, 11) is 3.64. The van der Waals surface area contributed by atoms with Crippen LogP contribution >= 0.6 is 15.9 Å². The molecule has 1 aromatic carbocycles. The second-order valence-electron chi connectivity index (χ2n) is 5.12. The van der Waals surface area contributed by atoms with Crippen LogP contribution in [0.5, 0.6) is 5.75 Å². The first kappa shape index (κ1) is 16.0. The highest BCUT2D eigenvalue weighted by molar-refractivity contribution is 9.10. The van der Waals surface area contributed by atoms with Gasteiger partial charge in [-0.3, -0.25) is 4.68 Å². The van der Waals surface area contributed by atoms with E-state index in [1.807, 2.05) is 17.8 Å². The molecule has 5 heteroatoms. The van der Waals surface area contributed by atoms with Crippen molar-refractivity contribution in [2.45, 2.75) is 32.9 Å². The SMILES string of the molecule is CCc1nn(C)cc1CNC(C)c1ccc(OC)c(Br)c1. The lowest BCUT2D eigenvalue weighted by Gasteiger charge is -2.15. The van der Waals surface area contributed by atoms with Gasteiger partial charge in [-0.15, -0.1) is 0 Å².